The SMILES string of the molecule is O=C(OC(=O)C(F)(F)F)C(F)(F)F.O=CN1CCOCC1. The molecule has 122 valence electrons. The number of alkyl halides is 6. The van der Waals surface area contributed by atoms with Crippen LogP contribution in [0.4, 0.5) is 26.3 Å². The first-order valence-corrected chi connectivity index (χ1v) is 5.15. The van der Waals surface area contributed by atoms with Crippen molar-refractivity contribution in [1.82, 2.24) is 4.90 Å². The third-order valence-electron chi connectivity index (χ3n) is 1.84. The predicted octanol–water partition coefficient (Wildman–Crippen LogP) is 0.656. The Labute approximate surface area is 113 Å². The molecule has 0 aromatic carbocycles. The standard InChI is InChI=1S/C5H9NO2.C4F6O3/c7-5-6-1-3-8-4-2-6;5-3(6,7)1(11)13-2(12)4(8,9)10/h5H,1-4H2;. The minimum absolute atomic E-state index is 0.693. The van der Waals surface area contributed by atoms with Gasteiger partial charge in [0.15, 0.2) is 0 Å². The number of ether oxygens (including phenoxy) is 2. The van der Waals surface area contributed by atoms with Crippen LogP contribution in [0.3, 0.4) is 0 Å². The maximum atomic E-state index is 11.2. The second-order valence-corrected chi connectivity index (χ2v) is 3.43. The summed E-state index contributed by atoms with van der Waals surface area (Å²) in [6, 6.07) is 0. The maximum Gasteiger partial charge on any atom is 0.491 e. The molecule has 12 heteroatoms. The topological polar surface area (TPSA) is 72.9 Å². The fourth-order valence-corrected chi connectivity index (χ4v) is 0.883. The van der Waals surface area contributed by atoms with Crippen molar-refractivity contribution in [2.24, 2.45) is 0 Å². The normalized spacial score (nSPS) is 15.6. The van der Waals surface area contributed by atoms with E-state index in [0.29, 0.717) is 13.2 Å². The molecule has 1 fully saturated rings. The van der Waals surface area contributed by atoms with Crippen LogP contribution in [0.15, 0.2) is 0 Å². The second kappa shape index (κ2) is 7.81. The molecule has 1 rings (SSSR count). The quantitative estimate of drug-likeness (QED) is 0.306. The van der Waals surface area contributed by atoms with E-state index in [2.05, 4.69) is 4.74 Å². The molecular formula is C9H9F6NO5. The molecule has 0 atom stereocenters. The van der Waals surface area contributed by atoms with Gasteiger partial charge in [0.1, 0.15) is 0 Å². The average Bonchev–Trinajstić information content (AvgIpc) is 2.38. The van der Waals surface area contributed by atoms with E-state index >= 15 is 0 Å². The summed E-state index contributed by atoms with van der Waals surface area (Å²) in [4.78, 5) is 31.0. The number of nitrogens with zero attached hydrogens (tertiary/aromatic N) is 1. The predicted molar refractivity (Wildman–Crippen MR) is 51.7 cm³/mol. The van der Waals surface area contributed by atoms with Gasteiger partial charge in [-0.3, -0.25) is 4.79 Å². The summed E-state index contributed by atoms with van der Waals surface area (Å²) >= 11 is 0. The van der Waals surface area contributed by atoms with Gasteiger partial charge in [0.2, 0.25) is 6.41 Å². The summed E-state index contributed by atoms with van der Waals surface area (Å²) in [6.07, 6.45) is -10.4. The molecule has 1 amide bonds. The summed E-state index contributed by atoms with van der Waals surface area (Å²) in [7, 11) is 0. The number of halogens is 6. The summed E-state index contributed by atoms with van der Waals surface area (Å²) in [5, 5.41) is 0. The number of rotatable bonds is 1. The van der Waals surface area contributed by atoms with Gasteiger partial charge in [0.25, 0.3) is 0 Å². The molecule has 0 N–H and O–H groups in total. The highest BCUT2D eigenvalue weighted by molar-refractivity contribution is 5.90. The van der Waals surface area contributed by atoms with E-state index in [4.69, 9.17) is 4.74 Å². The van der Waals surface area contributed by atoms with Crippen LogP contribution in [0, 0.1) is 0 Å². The molecular weight excluding hydrogens is 316 g/mol. The molecule has 21 heavy (non-hydrogen) atoms. The minimum atomic E-state index is -5.62. The van der Waals surface area contributed by atoms with Crippen LogP contribution in [-0.2, 0) is 23.9 Å². The first kappa shape index (κ1) is 19.1. The Morgan fingerprint density at radius 2 is 1.33 bits per heavy atom. The van der Waals surface area contributed by atoms with Crippen LogP contribution in [-0.4, -0.2) is 61.9 Å². The van der Waals surface area contributed by atoms with Crippen molar-refractivity contribution in [3.05, 3.63) is 0 Å². The lowest BCUT2D eigenvalue weighted by molar-refractivity contribution is -0.221. The first-order chi connectivity index (χ1) is 9.48. The lowest BCUT2D eigenvalue weighted by Crippen LogP contribution is -2.34. The first-order valence-electron chi connectivity index (χ1n) is 5.15. The molecule has 6 nitrogen and oxygen atoms in total. The van der Waals surface area contributed by atoms with Gasteiger partial charge in [-0.05, 0) is 0 Å². The molecule has 0 radical (unpaired) electrons. The third kappa shape index (κ3) is 8.12. The number of hydrogen-bond acceptors (Lipinski definition) is 5. The van der Waals surface area contributed by atoms with Crippen LogP contribution in [0.1, 0.15) is 0 Å². The highest BCUT2D eigenvalue weighted by Gasteiger charge is 2.49. The zero-order valence-electron chi connectivity index (χ0n) is 10.2. The Morgan fingerprint density at radius 3 is 1.57 bits per heavy atom. The molecule has 0 aromatic rings. The number of esters is 2. The fourth-order valence-electron chi connectivity index (χ4n) is 0.883. The molecule has 0 bridgehead atoms. The van der Waals surface area contributed by atoms with Crippen LogP contribution < -0.4 is 0 Å². The second-order valence-electron chi connectivity index (χ2n) is 3.43. The molecule has 1 aliphatic heterocycles. The molecule has 0 unspecified atom stereocenters. The largest absolute Gasteiger partial charge is 0.491 e. The van der Waals surface area contributed by atoms with Crippen LogP contribution >= 0.6 is 0 Å². The molecule has 1 saturated heterocycles. The Balaban J connectivity index is 0.000000423. The average molecular weight is 325 g/mol. The molecule has 0 saturated carbocycles. The van der Waals surface area contributed by atoms with Gasteiger partial charge in [-0.2, -0.15) is 26.3 Å². The van der Waals surface area contributed by atoms with Gasteiger partial charge in [-0.15, -0.1) is 0 Å². The van der Waals surface area contributed by atoms with Gasteiger partial charge >= 0.3 is 24.3 Å². The summed E-state index contributed by atoms with van der Waals surface area (Å²) in [6.45, 7) is 2.89. The molecule has 1 aliphatic rings. The lowest BCUT2D eigenvalue weighted by atomic mass is 10.5. The van der Waals surface area contributed by atoms with Gasteiger partial charge < -0.3 is 14.4 Å². The number of amides is 1. The highest BCUT2D eigenvalue weighted by Crippen LogP contribution is 2.21. The van der Waals surface area contributed by atoms with Gasteiger partial charge in [0.05, 0.1) is 13.2 Å². The van der Waals surface area contributed by atoms with Crippen LogP contribution in [0.25, 0.3) is 0 Å². The molecule has 0 spiro atoms. The Morgan fingerprint density at radius 1 is 0.952 bits per heavy atom. The van der Waals surface area contributed by atoms with Crippen molar-refractivity contribution in [2.75, 3.05) is 26.3 Å². The van der Waals surface area contributed by atoms with Gasteiger partial charge in [-0.25, -0.2) is 9.59 Å². The highest BCUT2D eigenvalue weighted by atomic mass is 19.4. The maximum absolute atomic E-state index is 11.2. The van der Waals surface area contributed by atoms with E-state index < -0.39 is 24.3 Å². The molecule has 0 aliphatic carbocycles. The van der Waals surface area contributed by atoms with Crippen molar-refractivity contribution in [3.63, 3.8) is 0 Å². The number of carbonyl (C=O) groups is 3. The van der Waals surface area contributed by atoms with Crippen molar-refractivity contribution in [2.45, 2.75) is 12.4 Å². The molecule has 0 aromatic heterocycles. The molecule has 1 heterocycles. The van der Waals surface area contributed by atoms with E-state index in [9.17, 15) is 40.7 Å². The van der Waals surface area contributed by atoms with Gasteiger partial charge in [0, 0.05) is 13.1 Å². The number of hydrogen-bond donors (Lipinski definition) is 0. The van der Waals surface area contributed by atoms with Crippen molar-refractivity contribution >= 4 is 18.3 Å². The van der Waals surface area contributed by atoms with E-state index in [1.165, 1.54) is 0 Å². The van der Waals surface area contributed by atoms with Crippen LogP contribution in [0.5, 0.6) is 0 Å². The Bertz CT molecular complexity index is 350. The number of morpholine rings is 1. The number of carbonyl (C=O) groups excluding carboxylic acids is 3. The zero-order valence-corrected chi connectivity index (χ0v) is 10.2. The van der Waals surface area contributed by atoms with Crippen LogP contribution in [0.2, 0.25) is 0 Å². The minimum Gasteiger partial charge on any atom is -0.380 e. The smallest absolute Gasteiger partial charge is 0.380 e. The lowest BCUT2D eigenvalue weighted by Gasteiger charge is -2.21. The zero-order chi connectivity index (χ0) is 16.7. The van der Waals surface area contributed by atoms with Gasteiger partial charge in [-0.1, -0.05) is 0 Å². The summed E-state index contributed by atoms with van der Waals surface area (Å²) in [5.74, 6) is -6.40. The Kier molecular flexibility index (Phi) is 7.12. The van der Waals surface area contributed by atoms with Crippen molar-refractivity contribution < 1.29 is 50.2 Å². The van der Waals surface area contributed by atoms with E-state index in [0.717, 1.165) is 19.5 Å². The monoisotopic (exact) mass is 325 g/mol. The van der Waals surface area contributed by atoms with Crippen molar-refractivity contribution in [1.29, 1.82) is 0 Å². The summed E-state index contributed by atoms with van der Waals surface area (Å²) < 4.78 is 74.7. The van der Waals surface area contributed by atoms with E-state index in [-0.39, 0.29) is 0 Å². The Hall–Kier alpha value is -1.85. The van der Waals surface area contributed by atoms with E-state index in [1.807, 2.05) is 0 Å². The fraction of sp³-hybridized carbons (Fsp3) is 0.667. The summed E-state index contributed by atoms with van der Waals surface area (Å²) in [5.41, 5.74) is 0. The van der Waals surface area contributed by atoms with E-state index in [1.54, 1.807) is 4.90 Å². The van der Waals surface area contributed by atoms with Crippen molar-refractivity contribution in [3.8, 4) is 0 Å². The third-order valence-corrected chi connectivity index (χ3v) is 1.84.